The monoisotopic (exact) mass is 278 g/mol. The first-order chi connectivity index (χ1) is 10.3. The molecule has 1 fully saturated rings. The van der Waals surface area contributed by atoms with Gasteiger partial charge in [-0.3, -0.25) is 0 Å². The summed E-state index contributed by atoms with van der Waals surface area (Å²) in [5.74, 6) is 1.68. The van der Waals surface area contributed by atoms with Gasteiger partial charge < -0.3 is 10.3 Å². The number of nitrogens with two attached hydrogens (primary N) is 1. The Morgan fingerprint density at radius 2 is 1.90 bits per heavy atom. The summed E-state index contributed by atoms with van der Waals surface area (Å²) in [6.07, 6.45) is 3.74. The van der Waals surface area contributed by atoms with Gasteiger partial charge in [-0.1, -0.05) is 35.5 Å². The number of pyridine rings is 1. The second-order valence-electron chi connectivity index (χ2n) is 5.34. The van der Waals surface area contributed by atoms with Crippen molar-refractivity contribution < 1.29 is 4.52 Å². The molecule has 1 aromatic carbocycles. The Morgan fingerprint density at radius 1 is 1.10 bits per heavy atom. The molecule has 5 heteroatoms. The van der Waals surface area contributed by atoms with Crippen molar-refractivity contribution in [3.63, 3.8) is 0 Å². The lowest BCUT2D eigenvalue weighted by Gasteiger charge is -2.09. The SMILES string of the molecule is Nc1cc(-c2nc(C3(c4ccccc4)CC3)no2)ccn1. The van der Waals surface area contributed by atoms with Crippen molar-refractivity contribution >= 4 is 5.82 Å². The van der Waals surface area contributed by atoms with E-state index in [0.717, 1.165) is 24.2 Å². The van der Waals surface area contributed by atoms with E-state index in [1.165, 1.54) is 5.56 Å². The van der Waals surface area contributed by atoms with E-state index in [-0.39, 0.29) is 5.41 Å². The quantitative estimate of drug-likeness (QED) is 0.797. The number of rotatable bonds is 3. The smallest absolute Gasteiger partial charge is 0.258 e. The molecule has 2 heterocycles. The Balaban J connectivity index is 1.72. The van der Waals surface area contributed by atoms with E-state index in [2.05, 4.69) is 27.3 Å². The number of nitrogens with zero attached hydrogens (tertiary/aromatic N) is 3. The summed E-state index contributed by atoms with van der Waals surface area (Å²) in [5.41, 5.74) is 7.65. The highest BCUT2D eigenvalue weighted by Crippen LogP contribution is 2.52. The van der Waals surface area contributed by atoms with Gasteiger partial charge in [-0.2, -0.15) is 4.98 Å². The molecule has 104 valence electrons. The molecule has 2 aromatic heterocycles. The van der Waals surface area contributed by atoms with Gasteiger partial charge >= 0.3 is 0 Å². The summed E-state index contributed by atoms with van der Waals surface area (Å²) in [4.78, 5) is 8.54. The predicted molar refractivity (Wildman–Crippen MR) is 78.4 cm³/mol. The van der Waals surface area contributed by atoms with Crippen LogP contribution in [0.15, 0.2) is 53.2 Å². The molecule has 0 unspecified atom stereocenters. The molecule has 1 aliphatic carbocycles. The van der Waals surface area contributed by atoms with Gasteiger partial charge in [-0.15, -0.1) is 0 Å². The predicted octanol–water partition coefficient (Wildman–Crippen LogP) is 2.79. The first kappa shape index (κ1) is 12.1. The fraction of sp³-hybridized carbons (Fsp3) is 0.188. The van der Waals surface area contributed by atoms with Crippen molar-refractivity contribution in [2.75, 3.05) is 5.73 Å². The van der Waals surface area contributed by atoms with Crippen molar-refractivity contribution in [2.45, 2.75) is 18.3 Å². The van der Waals surface area contributed by atoms with Gasteiger partial charge in [0.15, 0.2) is 5.82 Å². The van der Waals surface area contributed by atoms with Gasteiger partial charge in [0.05, 0.1) is 5.41 Å². The summed E-state index contributed by atoms with van der Waals surface area (Å²) in [5, 5.41) is 4.19. The lowest BCUT2D eigenvalue weighted by molar-refractivity contribution is 0.418. The molecule has 0 aliphatic heterocycles. The van der Waals surface area contributed by atoms with Crippen LogP contribution in [0.3, 0.4) is 0 Å². The lowest BCUT2D eigenvalue weighted by Crippen LogP contribution is -2.10. The molecular weight excluding hydrogens is 264 g/mol. The molecule has 5 nitrogen and oxygen atoms in total. The highest BCUT2D eigenvalue weighted by molar-refractivity contribution is 5.57. The maximum absolute atomic E-state index is 5.69. The van der Waals surface area contributed by atoms with Crippen molar-refractivity contribution in [3.05, 3.63) is 60.0 Å². The summed E-state index contributed by atoms with van der Waals surface area (Å²) < 4.78 is 5.41. The average Bonchev–Trinajstić information content (AvgIpc) is 3.18. The van der Waals surface area contributed by atoms with Gasteiger partial charge in [0.25, 0.3) is 5.89 Å². The zero-order chi connectivity index (χ0) is 14.3. The van der Waals surface area contributed by atoms with Crippen molar-refractivity contribution in [1.29, 1.82) is 0 Å². The Labute approximate surface area is 121 Å². The minimum Gasteiger partial charge on any atom is -0.384 e. The highest BCUT2D eigenvalue weighted by atomic mass is 16.5. The van der Waals surface area contributed by atoms with E-state index < -0.39 is 0 Å². The summed E-state index contributed by atoms with van der Waals surface area (Å²) >= 11 is 0. The Morgan fingerprint density at radius 3 is 2.62 bits per heavy atom. The van der Waals surface area contributed by atoms with Gasteiger partial charge in [-0.05, 0) is 30.5 Å². The number of aromatic nitrogens is 3. The summed E-state index contributed by atoms with van der Waals surface area (Å²) in [6, 6.07) is 13.9. The summed E-state index contributed by atoms with van der Waals surface area (Å²) in [7, 11) is 0. The number of benzene rings is 1. The van der Waals surface area contributed by atoms with Crippen molar-refractivity contribution in [3.8, 4) is 11.5 Å². The number of hydrogen-bond acceptors (Lipinski definition) is 5. The van der Waals surface area contributed by atoms with Gasteiger partial charge in [0, 0.05) is 11.8 Å². The van der Waals surface area contributed by atoms with Crippen LogP contribution in [-0.2, 0) is 5.41 Å². The molecule has 21 heavy (non-hydrogen) atoms. The second-order valence-corrected chi connectivity index (χ2v) is 5.34. The fourth-order valence-corrected chi connectivity index (χ4v) is 2.64. The molecule has 0 amide bonds. The van der Waals surface area contributed by atoms with Crippen molar-refractivity contribution in [1.82, 2.24) is 15.1 Å². The molecule has 1 saturated carbocycles. The summed E-state index contributed by atoms with van der Waals surface area (Å²) in [6.45, 7) is 0. The standard InChI is InChI=1S/C16H14N4O/c17-13-10-11(6-9-18-13)14-19-15(20-21-14)16(7-8-16)12-4-2-1-3-5-12/h1-6,9-10H,7-8H2,(H2,17,18). The van der Waals surface area contributed by atoms with Crippen LogP contribution >= 0.6 is 0 Å². The molecule has 0 atom stereocenters. The van der Waals surface area contributed by atoms with E-state index in [0.29, 0.717) is 11.7 Å². The third-order valence-corrected chi connectivity index (χ3v) is 3.96. The average molecular weight is 278 g/mol. The van der Waals surface area contributed by atoms with Crippen LogP contribution < -0.4 is 5.73 Å². The minimum absolute atomic E-state index is 0.0818. The van der Waals surface area contributed by atoms with E-state index in [1.54, 1.807) is 12.3 Å². The molecular formula is C16H14N4O. The normalized spacial score (nSPS) is 15.8. The highest BCUT2D eigenvalue weighted by Gasteiger charge is 2.49. The third-order valence-electron chi connectivity index (χ3n) is 3.96. The maximum Gasteiger partial charge on any atom is 0.258 e. The zero-order valence-corrected chi connectivity index (χ0v) is 11.4. The van der Waals surface area contributed by atoms with Crippen LogP contribution in [0.1, 0.15) is 24.2 Å². The molecule has 2 N–H and O–H groups in total. The zero-order valence-electron chi connectivity index (χ0n) is 11.4. The maximum atomic E-state index is 5.69. The Hall–Kier alpha value is -2.69. The third kappa shape index (κ3) is 1.98. The van der Waals surface area contributed by atoms with Crippen LogP contribution in [-0.4, -0.2) is 15.1 Å². The Kier molecular flexibility index (Phi) is 2.54. The van der Waals surface area contributed by atoms with E-state index >= 15 is 0 Å². The lowest BCUT2D eigenvalue weighted by atomic mass is 9.95. The molecule has 0 radical (unpaired) electrons. The molecule has 3 aromatic rings. The first-order valence-corrected chi connectivity index (χ1v) is 6.90. The topological polar surface area (TPSA) is 77.8 Å². The van der Waals surface area contributed by atoms with Gasteiger partial charge in [-0.25, -0.2) is 4.98 Å². The molecule has 0 bridgehead atoms. The van der Waals surface area contributed by atoms with Crippen LogP contribution in [0.4, 0.5) is 5.82 Å². The molecule has 1 aliphatic rings. The minimum atomic E-state index is -0.0818. The van der Waals surface area contributed by atoms with E-state index in [4.69, 9.17) is 10.3 Å². The van der Waals surface area contributed by atoms with Crippen LogP contribution in [0.5, 0.6) is 0 Å². The second kappa shape index (κ2) is 4.41. The van der Waals surface area contributed by atoms with E-state index in [1.807, 2.05) is 24.3 Å². The number of anilines is 1. The molecule has 4 rings (SSSR count). The largest absolute Gasteiger partial charge is 0.384 e. The molecule has 0 saturated heterocycles. The van der Waals surface area contributed by atoms with Crippen LogP contribution in [0.25, 0.3) is 11.5 Å². The van der Waals surface area contributed by atoms with Gasteiger partial charge in [0.2, 0.25) is 0 Å². The first-order valence-electron chi connectivity index (χ1n) is 6.90. The fourth-order valence-electron chi connectivity index (χ4n) is 2.64. The number of nitrogen functional groups attached to an aromatic ring is 1. The van der Waals surface area contributed by atoms with Crippen LogP contribution in [0.2, 0.25) is 0 Å². The van der Waals surface area contributed by atoms with Crippen molar-refractivity contribution in [2.24, 2.45) is 0 Å². The number of hydrogen-bond donors (Lipinski definition) is 1. The Bertz CT molecular complexity index is 778. The van der Waals surface area contributed by atoms with E-state index in [9.17, 15) is 0 Å². The van der Waals surface area contributed by atoms with Crippen LogP contribution in [0, 0.1) is 0 Å². The van der Waals surface area contributed by atoms with Gasteiger partial charge in [0.1, 0.15) is 5.82 Å². The molecule has 0 spiro atoms.